The van der Waals surface area contributed by atoms with Gasteiger partial charge < -0.3 is 5.73 Å². The van der Waals surface area contributed by atoms with Crippen molar-refractivity contribution in [2.24, 2.45) is 12.8 Å². The number of nitrogens with two attached hydrogens (primary N) is 1. The van der Waals surface area contributed by atoms with E-state index in [1.807, 2.05) is 11.7 Å². The second-order valence-electron chi connectivity index (χ2n) is 4.30. The molecule has 2 N–H and O–H groups in total. The van der Waals surface area contributed by atoms with Crippen LogP contribution in [0.1, 0.15) is 23.7 Å². The normalized spacial score (nSPS) is 10.8. The molecule has 1 aromatic heterocycles. The number of hydrogen-bond donors (Lipinski definition) is 1. The summed E-state index contributed by atoms with van der Waals surface area (Å²) in [7, 11) is 1.94. The highest BCUT2D eigenvalue weighted by atomic mass is 15.3. The van der Waals surface area contributed by atoms with E-state index in [-0.39, 0.29) is 0 Å². The van der Waals surface area contributed by atoms with Crippen LogP contribution in [-0.4, -0.2) is 9.78 Å². The fourth-order valence-corrected chi connectivity index (χ4v) is 2.12. The van der Waals surface area contributed by atoms with E-state index in [4.69, 9.17) is 5.73 Å². The Bertz CT molecular complexity index is 509. The van der Waals surface area contributed by atoms with Gasteiger partial charge in [-0.3, -0.25) is 4.68 Å². The van der Waals surface area contributed by atoms with Crippen LogP contribution in [-0.2, 0) is 20.0 Å². The fraction of sp³-hybridized carbons (Fsp3) is 0.357. The highest BCUT2D eigenvalue weighted by molar-refractivity contribution is 5.64. The van der Waals surface area contributed by atoms with Gasteiger partial charge in [0.1, 0.15) is 0 Å². The molecule has 1 aromatic carbocycles. The van der Waals surface area contributed by atoms with Crippen LogP contribution in [0.2, 0.25) is 0 Å². The monoisotopic (exact) mass is 229 g/mol. The van der Waals surface area contributed by atoms with E-state index in [1.165, 1.54) is 11.1 Å². The van der Waals surface area contributed by atoms with Crippen molar-refractivity contribution in [3.63, 3.8) is 0 Å². The molecule has 0 saturated heterocycles. The van der Waals surface area contributed by atoms with Gasteiger partial charge in [0.2, 0.25) is 0 Å². The molecule has 0 radical (unpaired) electrons. The predicted molar refractivity (Wildman–Crippen MR) is 70.7 cm³/mol. The van der Waals surface area contributed by atoms with Crippen molar-refractivity contribution < 1.29 is 0 Å². The van der Waals surface area contributed by atoms with Crippen molar-refractivity contribution in [3.8, 4) is 11.3 Å². The summed E-state index contributed by atoms with van der Waals surface area (Å²) in [5.74, 6) is 0. The van der Waals surface area contributed by atoms with Crippen molar-refractivity contribution in [2.45, 2.75) is 26.8 Å². The minimum absolute atomic E-state index is 0.530. The number of aryl methyl sites for hydroxylation is 2. The van der Waals surface area contributed by atoms with Crippen LogP contribution in [0.25, 0.3) is 11.3 Å². The maximum absolute atomic E-state index is 5.73. The van der Waals surface area contributed by atoms with Crippen LogP contribution < -0.4 is 5.73 Å². The summed E-state index contributed by atoms with van der Waals surface area (Å²) in [6, 6.07) is 8.58. The zero-order valence-corrected chi connectivity index (χ0v) is 10.7. The van der Waals surface area contributed by atoms with E-state index in [9.17, 15) is 0 Å². The Kier molecular flexibility index (Phi) is 3.29. The molecule has 0 aliphatic rings. The molecule has 2 aromatic rings. The summed E-state index contributed by atoms with van der Waals surface area (Å²) in [6.07, 6.45) is 1.07. The maximum atomic E-state index is 5.73. The maximum Gasteiger partial charge on any atom is 0.0955 e. The fourth-order valence-electron chi connectivity index (χ4n) is 2.12. The van der Waals surface area contributed by atoms with Crippen molar-refractivity contribution in [2.75, 3.05) is 0 Å². The number of nitrogens with zero attached hydrogens (tertiary/aromatic N) is 2. The van der Waals surface area contributed by atoms with E-state index in [0.29, 0.717) is 6.54 Å². The number of benzene rings is 1. The zero-order valence-electron chi connectivity index (χ0n) is 10.7. The quantitative estimate of drug-likeness (QED) is 0.878. The SMILES string of the molecule is CCc1ccc(-c2nn(C)c(CN)c2C)cc1. The number of aromatic nitrogens is 2. The lowest BCUT2D eigenvalue weighted by molar-refractivity contribution is 0.712. The van der Waals surface area contributed by atoms with Crippen LogP contribution in [0, 0.1) is 6.92 Å². The first-order chi connectivity index (χ1) is 8.17. The van der Waals surface area contributed by atoms with Crippen molar-refractivity contribution >= 4 is 0 Å². The first kappa shape index (κ1) is 11.9. The first-order valence-electron chi connectivity index (χ1n) is 5.99. The molecule has 0 unspecified atom stereocenters. The second-order valence-corrected chi connectivity index (χ2v) is 4.30. The Morgan fingerprint density at radius 2 is 1.88 bits per heavy atom. The van der Waals surface area contributed by atoms with Gasteiger partial charge in [0.15, 0.2) is 0 Å². The number of hydrogen-bond acceptors (Lipinski definition) is 2. The van der Waals surface area contributed by atoms with Crippen LogP contribution in [0.15, 0.2) is 24.3 Å². The standard InChI is InChI=1S/C14H19N3/c1-4-11-5-7-12(8-6-11)14-10(2)13(9-15)17(3)16-14/h5-8H,4,9,15H2,1-3H3. The van der Waals surface area contributed by atoms with Gasteiger partial charge in [-0.1, -0.05) is 31.2 Å². The highest BCUT2D eigenvalue weighted by Gasteiger charge is 2.12. The summed E-state index contributed by atoms with van der Waals surface area (Å²) in [5.41, 5.74) is 11.6. The minimum atomic E-state index is 0.530. The Morgan fingerprint density at radius 1 is 1.24 bits per heavy atom. The first-order valence-corrected chi connectivity index (χ1v) is 5.99. The Hall–Kier alpha value is -1.61. The molecule has 0 aliphatic carbocycles. The van der Waals surface area contributed by atoms with Gasteiger partial charge in [-0.2, -0.15) is 5.10 Å². The molecule has 0 bridgehead atoms. The van der Waals surface area contributed by atoms with Crippen molar-refractivity contribution in [1.29, 1.82) is 0 Å². The molecule has 0 spiro atoms. The smallest absolute Gasteiger partial charge is 0.0955 e. The molecule has 90 valence electrons. The van der Waals surface area contributed by atoms with Gasteiger partial charge in [-0.25, -0.2) is 0 Å². The average molecular weight is 229 g/mol. The summed E-state index contributed by atoms with van der Waals surface area (Å²) in [6.45, 7) is 4.77. The molecule has 0 aliphatic heterocycles. The average Bonchev–Trinajstić information content (AvgIpc) is 2.64. The second kappa shape index (κ2) is 4.72. The van der Waals surface area contributed by atoms with E-state index in [2.05, 4.69) is 43.2 Å². The summed E-state index contributed by atoms with van der Waals surface area (Å²) in [4.78, 5) is 0. The Labute approximate surface area is 102 Å². The van der Waals surface area contributed by atoms with Gasteiger partial charge in [-0.05, 0) is 24.5 Å². The molecular formula is C14H19N3. The van der Waals surface area contributed by atoms with Crippen LogP contribution in [0.3, 0.4) is 0 Å². The van der Waals surface area contributed by atoms with E-state index in [0.717, 1.165) is 23.4 Å². The Balaban J connectivity index is 2.45. The van der Waals surface area contributed by atoms with Gasteiger partial charge in [-0.15, -0.1) is 0 Å². The third kappa shape index (κ3) is 2.11. The summed E-state index contributed by atoms with van der Waals surface area (Å²) >= 11 is 0. The van der Waals surface area contributed by atoms with Gasteiger partial charge >= 0.3 is 0 Å². The molecule has 0 saturated carbocycles. The van der Waals surface area contributed by atoms with Crippen LogP contribution >= 0.6 is 0 Å². The molecule has 0 amide bonds. The predicted octanol–water partition coefficient (Wildman–Crippen LogP) is 2.42. The van der Waals surface area contributed by atoms with E-state index in [1.54, 1.807) is 0 Å². The largest absolute Gasteiger partial charge is 0.325 e. The molecular weight excluding hydrogens is 210 g/mol. The molecule has 3 nitrogen and oxygen atoms in total. The lowest BCUT2D eigenvalue weighted by atomic mass is 10.0. The van der Waals surface area contributed by atoms with Gasteiger partial charge in [0, 0.05) is 19.2 Å². The van der Waals surface area contributed by atoms with E-state index >= 15 is 0 Å². The Morgan fingerprint density at radius 3 is 2.35 bits per heavy atom. The lowest BCUT2D eigenvalue weighted by Crippen LogP contribution is -2.05. The summed E-state index contributed by atoms with van der Waals surface area (Å²) < 4.78 is 1.87. The highest BCUT2D eigenvalue weighted by Crippen LogP contribution is 2.24. The number of rotatable bonds is 3. The topological polar surface area (TPSA) is 43.8 Å². The minimum Gasteiger partial charge on any atom is -0.325 e. The third-order valence-electron chi connectivity index (χ3n) is 3.26. The van der Waals surface area contributed by atoms with Gasteiger partial charge in [0.05, 0.1) is 11.4 Å². The van der Waals surface area contributed by atoms with Crippen LogP contribution in [0.5, 0.6) is 0 Å². The molecule has 17 heavy (non-hydrogen) atoms. The zero-order chi connectivity index (χ0) is 12.4. The van der Waals surface area contributed by atoms with Crippen molar-refractivity contribution in [1.82, 2.24) is 9.78 Å². The molecule has 2 rings (SSSR count). The summed E-state index contributed by atoms with van der Waals surface area (Å²) in [5, 5.41) is 4.54. The molecule has 0 fully saturated rings. The molecule has 3 heteroatoms. The lowest BCUT2D eigenvalue weighted by Gasteiger charge is -2.01. The molecule has 0 atom stereocenters. The molecule has 1 heterocycles. The third-order valence-corrected chi connectivity index (χ3v) is 3.26. The van der Waals surface area contributed by atoms with Crippen LogP contribution in [0.4, 0.5) is 0 Å². The van der Waals surface area contributed by atoms with Gasteiger partial charge in [0.25, 0.3) is 0 Å². The van der Waals surface area contributed by atoms with Crippen molar-refractivity contribution in [3.05, 3.63) is 41.1 Å². The van der Waals surface area contributed by atoms with E-state index < -0.39 is 0 Å².